The summed E-state index contributed by atoms with van der Waals surface area (Å²) in [6, 6.07) is 0. The summed E-state index contributed by atoms with van der Waals surface area (Å²) < 4.78 is 9.80. The standard InChI is InChI=1S/C7H13N3O2/c1-3-11-7-9-6(10-12-7)4-5-8-2/h8H,3-5H2,1-2H3. The van der Waals surface area contributed by atoms with Gasteiger partial charge in [0.2, 0.25) is 0 Å². The Bertz CT molecular complexity index is 224. The highest BCUT2D eigenvalue weighted by Gasteiger charge is 2.04. The zero-order chi connectivity index (χ0) is 8.81. The Labute approximate surface area is 71.1 Å². The van der Waals surface area contributed by atoms with E-state index in [0.29, 0.717) is 12.4 Å². The van der Waals surface area contributed by atoms with Crippen molar-refractivity contribution >= 4 is 0 Å². The Hall–Kier alpha value is -1.10. The Morgan fingerprint density at radius 3 is 3.08 bits per heavy atom. The molecule has 0 aliphatic rings. The van der Waals surface area contributed by atoms with E-state index in [9.17, 15) is 0 Å². The second-order valence-corrected chi connectivity index (χ2v) is 2.26. The summed E-state index contributed by atoms with van der Waals surface area (Å²) in [4.78, 5) is 4.00. The van der Waals surface area contributed by atoms with Gasteiger partial charge in [0.05, 0.1) is 6.61 Å². The van der Waals surface area contributed by atoms with E-state index < -0.39 is 0 Å². The fourth-order valence-corrected chi connectivity index (χ4v) is 0.758. The van der Waals surface area contributed by atoms with Crippen LogP contribution in [0, 0.1) is 0 Å². The quantitative estimate of drug-likeness (QED) is 0.687. The van der Waals surface area contributed by atoms with Crippen LogP contribution in [0.15, 0.2) is 4.52 Å². The molecule has 0 aliphatic carbocycles. The van der Waals surface area contributed by atoms with E-state index in [-0.39, 0.29) is 6.08 Å². The third-order valence-corrected chi connectivity index (χ3v) is 1.32. The summed E-state index contributed by atoms with van der Waals surface area (Å²) in [5, 5.41) is 6.72. The average molecular weight is 171 g/mol. The second-order valence-electron chi connectivity index (χ2n) is 2.26. The van der Waals surface area contributed by atoms with Gasteiger partial charge in [0, 0.05) is 13.0 Å². The molecule has 0 atom stereocenters. The molecule has 0 saturated heterocycles. The van der Waals surface area contributed by atoms with Crippen LogP contribution in [-0.2, 0) is 6.42 Å². The van der Waals surface area contributed by atoms with Crippen molar-refractivity contribution in [2.75, 3.05) is 20.2 Å². The summed E-state index contributed by atoms with van der Waals surface area (Å²) in [6.45, 7) is 3.26. The molecular formula is C7H13N3O2. The lowest BCUT2D eigenvalue weighted by atomic mass is 10.4. The van der Waals surface area contributed by atoms with Gasteiger partial charge in [0.25, 0.3) is 0 Å². The van der Waals surface area contributed by atoms with Crippen LogP contribution in [0.2, 0.25) is 0 Å². The van der Waals surface area contributed by atoms with E-state index in [4.69, 9.17) is 9.26 Å². The monoisotopic (exact) mass is 171 g/mol. The molecule has 0 unspecified atom stereocenters. The second kappa shape index (κ2) is 4.71. The molecule has 0 fully saturated rings. The number of likely N-dealkylation sites (N-methyl/N-ethyl adjacent to an activating group) is 1. The number of nitrogens with one attached hydrogen (secondary N) is 1. The topological polar surface area (TPSA) is 60.2 Å². The molecule has 0 bridgehead atoms. The van der Waals surface area contributed by atoms with Gasteiger partial charge in [-0.15, -0.1) is 0 Å². The SMILES string of the molecule is CCOc1nc(CCNC)no1. The molecule has 0 amide bonds. The third-order valence-electron chi connectivity index (χ3n) is 1.32. The molecule has 0 saturated carbocycles. The summed E-state index contributed by atoms with van der Waals surface area (Å²) in [6.07, 6.45) is 1.01. The van der Waals surface area contributed by atoms with E-state index >= 15 is 0 Å². The van der Waals surface area contributed by atoms with Crippen molar-refractivity contribution in [1.82, 2.24) is 15.5 Å². The first kappa shape index (κ1) is 8.99. The maximum absolute atomic E-state index is 5.01. The summed E-state index contributed by atoms with van der Waals surface area (Å²) in [5.41, 5.74) is 0. The van der Waals surface area contributed by atoms with E-state index in [1.807, 2.05) is 14.0 Å². The number of ether oxygens (including phenoxy) is 1. The fraction of sp³-hybridized carbons (Fsp3) is 0.714. The Kier molecular flexibility index (Phi) is 3.53. The van der Waals surface area contributed by atoms with Crippen LogP contribution in [0.1, 0.15) is 12.7 Å². The van der Waals surface area contributed by atoms with Crippen LogP contribution in [-0.4, -0.2) is 30.3 Å². The number of nitrogens with zero attached hydrogens (tertiary/aromatic N) is 2. The maximum Gasteiger partial charge on any atom is 0.417 e. The van der Waals surface area contributed by atoms with Gasteiger partial charge < -0.3 is 10.1 Å². The van der Waals surface area contributed by atoms with Crippen LogP contribution in [0.3, 0.4) is 0 Å². The molecule has 0 radical (unpaired) electrons. The first-order valence-electron chi connectivity index (χ1n) is 3.96. The van der Waals surface area contributed by atoms with Gasteiger partial charge in [0.1, 0.15) is 0 Å². The Balaban J connectivity index is 2.41. The van der Waals surface area contributed by atoms with Gasteiger partial charge in [-0.3, -0.25) is 4.52 Å². The largest absolute Gasteiger partial charge is 0.449 e. The molecule has 0 aliphatic heterocycles. The van der Waals surface area contributed by atoms with Crippen molar-refractivity contribution in [3.8, 4) is 6.08 Å². The predicted molar refractivity (Wildman–Crippen MR) is 43.1 cm³/mol. The van der Waals surface area contributed by atoms with Gasteiger partial charge in [-0.2, -0.15) is 4.98 Å². The lowest BCUT2D eigenvalue weighted by Gasteiger charge is -1.91. The van der Waals surface area contributed by atoms with Gasteiger partial charge in [-0.25, -0.2) is 0 Å². The maximum atomic E-state index is 5.01. The minimum absolute atomic E-state index is 0.253. The molecule has 1 aromatic rings. The van der Waals surface area contributed by atoms with Crippen molar-refractivity contribution in [2.45, 2.75) is 13.3 Å². The molecule has 0 aromatic carbocycles. The molecule has 68 valence electrons. The average Bonchev–Trinajstić information content (AvgIpc) is 2.50. The van der Waals surface area contributed by atoms with E-state index in [2.05, 4.69) is 15.5 Å². The van der Waals surface area contributed by atoms with Gasteiger partial charge >= 0.3 is 6.08 Å². The highest BCUT2D eigenvalue weighted by Crippen LogP contribution is 2.05. The molecule has 12 heavy (non-hydrogen) atoms. The summed E-state index contributed by atoms with van der Waals surface area (Å²) >= 11 is 0. The normalized spacial score (nSPS) is 10.2. The smallest absolute Gasteiger partial charge is 0.417 e. The minimum Gasteiger partial charge on any atom is -0.449 e. The van der Waals surface area contributed by atoms with Gasteiger partial charge in [-0.1, -0.05) is 5.16 Å². The predicted octanol–water partition coefficient (Wildman–Crippen LogP) is 0.230. The molecule has 5 nitrogen and oxygen atoms in total. The molecule has 1 aromatic heterocycles. The van der Waals surface area contributed by atoms with Crippen LogP contribution in [0.5, 0.6) is 6.08 Å². The van der Waals surface area contributed by atoms with Crippen LogP contribution in [0.4, 0.5) is 0 Å². The van der Waals surface area contributed by atoms with Gasteiger partial charge in [-0.05, 0) is 14.0 Å². The Morgan fingerprint density at radius 1 is 1.58 bits per heavy atom. The number of aromatic nitrogens is 2. The van der Waals surface area contributed by atoms with Crippen molar-refractivity contribution in [2.24, 2.45) is 0 Å². The van der Waals surface area contributed by atoms with Crippen LogP contribution < -0.4 is 10.1 Å². The van der Waals surface area contributed by atoms with Crippen LogP contribution >= 0.6 is 0 Å². The fourth-order valence-electron chi connectivity index (χ4n) is 0.758. The molecular weight excluding hydrogens is 158 g/mol. The molecule has 0 spiro atoms. The summed E-state index contributed by atoms with van der Waals surface area (Å²) in [7, 11) is 1.88. The number of hydrogen-bond donors (Lipinski definition) is 1. The number of rotatable bonds is 5. The molecule has 1 N–H and O–H groups in total. The van der Waals surface area contributed by atoms with E-state index in [0.717, 1.165) is 13.0 Å². The molecule has 5 heteroatoms. The first-order chi connectivity index (χ1) is 5.86. The molecule has 1 rings (SSSR count). The third kappa shape index (κ3) is 2.50. The highest BCUT2D eigenvalue weighted by molar-refractivity contribution is 4.90. The van der Waals surface area contributed by atoms with Crippen molar-refractivity contribution in [3.05, 3.63) is 5.82 Å². The zero-order valence-electron chi connectivity index (χ0n) is 7.33. The molecule has 1 heterocycles. The minimum atomic E-state index is 0.253. The lowest BCUT2D eigenvalue weighted by Crippen LogP contribution is -2.11. The zero-order valence-corrected chi connectivity index (χ0v) is 7.33. The summed E-state index contributed by atoms with van der Waals surface area (Å²) in [5.74, 6) is 0.674. The first-order valence-corrected chi connectivity index (χ1v) is 3.96. The highest BCUT2D eigenvalue weighted by atomic mass is 16.6. The van der Waals surface area contributed by atoms with E-state index in [1.54, 1.807) is 0 Å². The van der Waals surface area contributed by atoms with Crippen molar-refractivity contribution in [1.29, 1.82) is 0 Å². The van der Waals surface area contributed by atoms with Crippen molar-refractivity contribution in [3.63, 3.8) is 0 Å². The number of hydrogen-bond acceptors (Lipinski definition) is 5. The van der Waals surface area contributed by atoms with Gasteiger partial charge in [0.15, 0.2) is 5.82 Å². The van der Waals surface area contributed by atoms with E-state index in [1.165, 1.54) is 0 Å². The van der Waals surface area contributed by atoms with Crippen LogP contribution in [0.25, 0.3) is 0 Å². The van der Waals surface area contributed by atoms with Crippen molar-refractivity contribution < 1.29 is 9.26 Å². The Morgan fingerprint density at radius 2 is 2.42 bits per heavy atom. The lowest BCUT2D eigenvalue weighted by molar-refractivity contribution is 0.215.